The number of aryl methyl sites for hydroxylation is 3. The van der Waals surface area contributed by atoms with Gasteiger partial charge in [-0.25, -0.2) is 0 Å². The molecule has 5 nitrogen and oxygen atoms in total. The summed E-state index contributed by atoms with van der Waals surface area (Å²) in [7, 11) is 0. The number of Topliss-reactive ketones (excluding diaryl/α,β-unsaturated/α-hetero) is 1. The van der Waals surface area contributed by atoms with Crippen LogP contribution in [0, 0.1) is 20.8 Å². The van der Waals surface area contributed by atoms with Crippen LogP contribution in [-0.2, 0) is 9.53 Å². The number of hydrogen-bond acceptors (Lipinski definition) is 5. The van der Waals surface area contributed by atoms with Crippen molar-refractivity contribution < 1.29 is 19.1 Å². The maximum Gasteiger partial charge on any atom is 0.308 e. The number of hydrogen-bond donors (Lipinski definition) is 1. The number of carbonyl (C=O) groups is 3. The van der Waals surface area contributed by atoms with Crippen molar-refractivity contribution in [3.8, 4) is 0 Å². The first-order valence-electron chi connectivity index (χ1n) is 8.43. The molecule has 0 spiro atoms. The van der Waals surface area contributed by atoms with E-state index in [1.165, 1.54) is 11.3 Å². The quantitative estimate of drug-likeness (QED) is 0.594. The Morgan fingerprint density at radius 2 is 1.81 bits per heavy atom. The number of amides is 1. The third kappa shape index (κ3) is 5.02. The van der Waals surface area contributed by atoms with Crippen molar-refractivity contribution in [2.45, 2.75) is 40.2 Å². The van der Waals surface area contributed by atoms with Gasteiger partial charge in [-0.05, 0) is 61.9 Å². The Bertz CT molecular complexity index is 811. The maximum atomic E-state index is 12.6. The Labute approximate surface area is 157 Å². The lowest BCUT2D eigenvalue weighted by atomic mass is 9.96. The predicted octanol–water partition coefficient (Wildman–Crippen LogP) is 3.61. The highest BCUT2D eigenvalue weighted by Gasteiger charge is 2.21. The molecule has 138 valence electrons. The molecular formula is C20H23NO4S. The molecular weight excluding hydrogens is 350 g/mol. The lowest BCUT2D eigenvalue weighted by Gasteiger charge is -2.15. The van der Waals surface area contributed by atoms with Crippen LogP contribution in [0.4, 0.5) is 0 Å². The van der Waals surface area contributed by atoms with E-state index in [0.717, 1.165) is 16.7 Å². The predicted molar refractivity (Wildman–Crippen MR) is 102 cm³/mol. The van der Waals surface area contributed by atoms with Crippen molar-refractivity contribution in [1.82, 2.24) is 5.32 Å². The molecule has 6 heteroatoms. The molecule has 0 aliphatic carbocycles. The van der Waals surface area contributed by atoms with Crippen LogP contribution in [0.5, 0.6) is 0 Å². The van der Waals surface area contributed by atoms with Gasteiger partial charge in [-0.3, -0.25) is 14.4 Å². The number of nitrogens with one attached hydrogen (secondary N) is 1. The van der Waals surface area contributed by atoms with Crippen molar-refractivity contribution in [2.75, 3.05) is 6.54 Å². The smallest absolute Gasteiger partial charge is 0.308 e. The third-order valence-corrected chi connectivity index (χ3v) is 5.01. The van der Waals surface area contributed by atoms with Gasteiger partial charge in [0.1, 0.15) is 0 Å². The van der Waals surface area contributed by atoms with Crippen LogP contribution < -0.4 is 5.32 Å². The molecule has 0 saturated carbocycles. The van der Waals surface area contributed by atoms with Crippen molar-refractivity contribution in [2.24, 2.45) is 0 Å². The number of ether oxygens (including phenoxy) is 1. The van der Waals surface area contributed by atoms with E-state index in [-0.39, 0.29) is 24.7 Å². The van der Waals surface area contributed by atoms with Gasteiger partial charge >= 0.3 is 5.97 Å². The van der Waals surface area contributed by atoms with Crippen LogP contribution in [0.3, 0.4) is 0 Å². The number of carbonyl (C=O) groups excluding carboxylic acids is 3. The first-order valence-corrected chi connectivity index (χ1v) is 9.30. The van der Waals surface area contributed by atoms with Gasteiger partial charge in [0.2, 0.25) is 5.78 Å². The first kappa shape index (κ1) is 19.8. The topological polar surface area (TPSA) is 72.5 Å². The standard InChI is InChI=1S/C20H23NO4S/c1-12-10-14(3)16(11-13(12)2)19(23)15(4)25-18(22)7-8-21-20(24)17-6-5-9-26-17/h5-6,9-11,15H,7-8H2,1-4H3,(H,21,24). The van der Waals surface area contributed by atoms with Crippen LogP contribution in [0.2, 0.25) is 0 Å². The van der Waals surface area contributed by atoms with Gasteiger partial charge in [0, 0.05) is 12.1 Å². The molecule has 1 aromatic carbocycles. The molecule has 0 fully saturated rings. The van der Waals surface area contributed by atoms with Crippen molar-refractivity contribution in [1.29, 1.82) is 0 Å². The lowest BCUT2D eigenvalue weighted by Crippen LogP contribution is -2.29. The van der Waals surface area contributed by atoms with Gasteiger partial charge in [-0.15, -0.1) is 11.3 Å². The fraction of sp³-hybridized carbons (Fsp3) is 0.350. The van der Waals surface area contributed by atoms with E-state index < -0.39 is 12.1 Å². The minimum absolute atomic E-state index is 0.0145. The Balaban J connectivity index is 1.85. The van der Waals surface area contributed by atoms with Gasteiger partial charge in [0.25, 0.3) is 5.91 Å². The molecule has 0 aliphatic rings. The monoisotopic (exact) mass is 373 g/mol. The van der Waals surface area contributed by atoms with E-state index in [0.29, 0.717) is 10.4 Å². The zero-order valence-corrected chi connectivity index (χ0v) is 16.2. The Morgan fingerprint density at radius 3 is 2.46 bits per heavy atom. The number of benzene rings is 1. The highest BCUT2D eigenvalue weighted by Crippen LogP contribution is 2.18. The summed E-state index contributed by atoms with van der Waals surface area (Å²) < 4.78 is 5.23. The normalized spacial score (nSPS) is 11.7. The van der Waals surface area contributed by atoms with Crippen molar-refractivity contribution in [3.05, 3.63) is 56.8 Å². The fourth-order valence-corrected chi connectivity index (χ4v) is 3.17. The van der Waals surface area contributed by atoms with Crippen LogP contribution in [0.1, 0.15) is 50.1 Å². The minimum atomic E-state index is -0.865. The zero-order valence-electron chi connectivity index (χ0n) is 15.4. The molecule has 1 unspecified atom stereocenters. The Morgan fingerprint density at radius 1 is 1.12 bits per heavy atom. The van der Waals surface area contributed by atoms with E-state index >= 15 is 0 Å². The zero-order chi connectivity index (χ0) is 19.3. The highest BCUT2D eigenvalue weighted by molar-refractivity contribution is 7.12. The van der Waals surface area contributed by atoms with E-state index in [9.17, 15) is 14.4 Å². The molecule has 0 bridgehead atoms. The lowest BCUT2D eigenvalue weighted by molar-refractivity contribution is -0.146. The Kier molecular flexibility index (Phi) is 6.69. The second kappa shape index (κ2) is 8.76. The van der Waals surface area contributed by atoms with Crippen LogP contribution in [0.15, 0.2) is 29.6 Å². The van der Waals surface area contributed by atoms with Crippen molar-refractivity contribution >= 4 is 29.0 Å². The van der Waals surface area contributed by atoms with E-state index in [1.807, 2.05) is 38.3 Å². The number of ketones is 1. The molecule has 1 atom stereocenters. The van der Waals surface area contributed by atoms with Crippen LogP contribution >= 0.6 is 11.3 Å². The molecule has 26 heavy (non-hydrogen) atoms. The van der Waals surface area contributed by atoms with E-state index in [4.69, 9.17) is 4.74 Å². The minimum Gasteiger partial charge on any atom is -0.454 e. The second-order valence-electron chi connectivity index (χ2n) is 6.23. The molecule has 0 radical (unpaired) electrons. The largest absolute Gasteiger partial charge is 0.454 e. The summed E-state index contributed by atoms with van der Waals surface area (Å²) in [5.41, 5.74) is 3.57. The highest BCUT2D eigenvalue weighted by atomic mass is 32.1. The molecule has 2 rings (SSSR count). The summed E-state index contributed by atoms with van der Waals surface area (Å²) >= 11 is 1.33. The maximum absolute atomic E-state index is 12.6. The molecule has 1 aromatic heterocycles. The number of esters is 1. The summed E-state index contributed by atoms with van der Waals surface area (Å²) in [6.07, 6.45) is -0.850. The average molecular weight is 373 g/mol. The third-order valence-electron chi connectivity index (χ3n) is 4.14. The number of rotatable bonds is 7. The van der Waals surface area contributed by atoms with Gasteiger partial charge in [-0.1, -0.05) is 12.1 Å². The number of thiophene rings is 1. The molecule has 1 amide bonds. The van der Waals surface area contributed by atoms with Gasteiger partial charge in [-0.2, -0.15) is 0 Å². The second-order valence-corrected chi connectivity index (χ2v) is 7.18. The van der Waals surface area contributed by atoms with E-state index in [2.05, 4.69) is 5.32 Å². The summed E-state index contributed by atoms with van der Waals surface area (Å²) in [6.45, 7) is 7.54. The average Bonchev–Trinajstić information content (AvgIpc) is 3.12. The van der Waals surface area contributed by atoms with Crippen LogP contribution in [-0.4, -0.2) is 30.3 Å². The Hall–Kier alpha value is -2.47. The summed E-state index contributed by atoms with van der Waals surface area (Å²) in [5, 5.41) is 4.47. The summed E-state index contributed by atoms with van der Waals surface area (Å²) in [4.78, 5) is 36.9. The van der Waals surface area contributed by atoms with Gasteiger partial charge < -0.3 is 10.1 Å². The fourth-order valence-electron chi connectivity index (χ4n) is 2.53. The molecule has 2 aromatic rings. The first-order chi connectivity index (χ1) is 12.3. The van der Waals surface area contributed by atoms with Crippen LogP contribution in [0.25, 0.3) is 0 Å². The molecule has 0 saturated heterocycles. The molecule has 0 aliphatic heterocycles. The SMILES string of the molecule is Cc1cc(C)c(C(=O)C(C)OC(=O)CCNC(=O)c2cccs2)cc1C. The summed E-state index contributed by atoms with van der Waals surface area (Å²) in [5.74, 6) is -0.955. The molecule has 1 heterocycles. The molecule has 1 N–H and O–H groups in total. The van der Waals surface area contributed by atoms with Gasteiger partial charge in [0.05, 0.1) is 11.3 Å². The van der Waals surface area contributed by atoms with Crippen molar-refractivity contribution in [3.63, 3.8) is 0 Å². The van der Waals surface area contributed by atoms with Gasteiger partial charge in [0.15, 0.2) is 6.10 Å². The summed E-state index contributed by atoms with van der Waals surface area (Å²) in [6, 6.07) is 7.29. The van der Waals surface area contributed by atoms with E-state index in [1.54, 1.807) is 19.1 Å².